The van der Waals surface area contributed by atoms with E-state index in [0.29, 0.717) is 12.3 Å². The molecule has 3 heterocycles. The van der Waals surface area contributed by atoms with E-state index < -0.39 is 0 Å². The summed E-state index contributed by atoms with van der Waals surface area (Å²) < 4.78 is 15.1. The number of benzene rings is 1. The maximum absolute atomic E-state index is 13.6. The maximum atomic E-state index is 13.6. The van der Waals surface area contributed by atoms with E-state index in [2.05, 4.69) is 15.1 Å². The van der Waals surface area contributed by atoms with Gasteiger partial charge in [0.05, 0.1) is 6.04 Å². The van der Waals surface area contributed by atoms with E-state index in [9.17, 15) is 9.18 Å². The predicted octanol–water partition coefficient (Wildman–Crippen LogP) is 2.63. The minimum absolute atomic E-state index is 0.122. The molecule has 3 aromatic rings. The summed E-state index contributed by atoms with van der Waals surface area (Å²) in [4.78, 5) is 22.9. The van der Waals surface area contributed by atoms with Gasteiger partial charge in [0.2, 0.25) is 5.82 Å². The molecular weight excluding hydrogens is 309 g/mol. The number of carbonyl (C=O) groups is 1. The molecule has 0 unspecified atom stereocenters. The monoisotopic (exact) mass is 325 g/mol. The van der Waals surface area contributed by atoms with E-state index in [-0.39, 0.29) is 23.6 Å². The fourth-order valence-corrected chi connectivity index (χ4v) is 3.19. The van der Waals surface area contributed by atoms with Crippen LogP contribution in [-0.2, 0) is 0 Å². The van der Waals surface area contributed by atoms with Crippen LogP contribution in [0.15, 0.2) is 42.7 Å². The third-order valence-electron chi connectivity index (χ3n) is 4.31. The zero-order valence-electron chi connectivity index (χ0n) is 13.0. The molecule has 1 atom stereocenters. The summed E-state index contributed by atoms with van der Waals surface area (Å²) >= 11 is 0. The van der Waals surface area contributed by atoms with E-state index in [4.69, 9.17) is 0 Å². The molecule has 4 rings (SSSR count). The summed E-state index contributed by atoms with van der Waals surface area (Å²) in [5, 5.41) is 4.21. The Morgan fingerprint density at radius 1 is 1.25 bits per heavy atom. The third-order valence-corrected chi connectivity index (χ3v) is 4.31. The van der Waals surface area contributed by atoms with Crippen LogP contribution < -0.4 is 0 Å². The second-order valence-electron chi connectivity index (χ2n) is 5.86. The van der Waals surface area contributed by atoms with Crippen LogP contribution in [0.25, 0.3) is 5.78 Å². The molecule has 0 aliphatic carbocycles. The molecule has 0 spiro atoms. The topological polar surface area (TPSA) is 63.4 Å². The lowest BCUT2D eigenvalue weighted by molar-refractivity contribution is 0.0598. The molecule has 0 bridgehead atoms. The highest BCUT2D eigenvalue weighted by atomic mass is 19.1. The molecule has 1 fully saturated rings. The number of hydrogen-bond donors (Lipinski definition) is 0. The van der Waals surface area contributed by atoms with Gasteiger partial charge in [0.25, 0.3) is 11.7 Å². The Morgan fingerprint density at radius 3 is 3.00 bits per heavy atom. The summed E-state index contributed by atoms with van der Waals surface area (Å²) in [7, 11) is 0. The number of halogens is 1. The first kappa shape index (κ1) is 14.7. The Kier molecular flexibility index (Phi) is 3.68. The smallest absolute Gasteiger partial charge is 0.294 e. The molecule has 1 aliphatic heterocycles. The minimum Gasteiger partial charge on any atom is -0.329 e. The van der Waals surface area contributed by atoms with Gasteiger partial charge in [0.15, 0.2) is 0 Å². The number of aromatic nitrogens is 4. The van der Waals surface area contributed by atoms with Gasteiger partial charge in [0.1, 0.15) is 5.82 Å². The highest BCUT2D eigenvalue weighted by Gasteiger charge is 2.31. The molecule has 0 saturated carbocycles. The highest BCUT2D eigenvalue weighted by Crippen LogP contribution is 2.32. The van der Waals surface area contributed by atoms with Crippen molar-refractivity contribution in [2.45, 2.75) is 25.3 Å². The van der Waals surface area contributed by atoms with Crippen molar-refractivity contribution in [3.63, 3.8) is 0 Å². The molecule has 0 radical (unpaired) electrons. The Balaban J connectivity index is 1.68. The van der Waals surface area contributed by atoms with Crippen molar-refractivity contribution in [1.29, 1.82) is 0 Å². The van der Waals surface area contributed by atoms with Gasteiger partial charge in [-0.3, -0.25) is 4.79 Å². The van der Waals surface area contributed by atoms with Crippen molar-refractivity contribution in [3.8, 4) is 0 Å². The van der Waals surface area contributed by atoms with Gasteiger partial charge in [-0.15, -0.1) is 5.10 Å². The summed E-state index contributed by atoms with van der Waals surface area (Å²) in [6.45, 7) is 0.614. The Labute approximate surface area is 138 Å². The maximum Gasteiger partial charge on any atom is 0.294 e. The molecule has 24 heavy (non-hydrogen) atoms. The van der Waals surface area contributed by atoms with Crippen LogP contribution in [0.4, 0.5) is 4.39 Å². The molecular formula is C17H16FN5O. The fraction of sp³-hybridized carbons (Fsp3) is 0.294. The third kappa shape index (κ3) is 2.62. The van der Waals surface area contributed by atoms with Gasteiger partial charge < -0.3 is 4.90 Å². The molecule has 1 aliphatic rings. The van der Waals surface area contributed by atoms with Crippen LogP contribution >= 0.6 is 0 Å². The second-order valence-corrected chi connectivity index (χ2v) is 5.86. The van der Waals surface area contributed by atoms with E-state index in [0.717, 1.165) is 24.8 Å². The van der Waals surface area contributed by atoms with E-state index in [1.54, 1.807) is 29.4 Å². The highest BCUT2D eigenvalue weighted by molar-refractivity contribution is 5.91. The van der Waals surface area contributed by atoms with Crippen LogP contribution in [0.1, 0.15) is 41.5 Å². The van der Waals surface area contributed by atoms with Crippen molar-refractivity contribution in [2.75, 3.05) is 6.54 Å². The molecule has 6 nitrogen and oxygen atoms in total. The Hall–Kier alpha value is -2.83. The number of amides is 1. The van der Waals surface area contributed by atoms with Gasteiger partial charge >= 0.3 is 0 Å². The second kappa shape index (κ2) is 5.99. The van der Waals surface area contributed by atoms with Gasteiger partial charge in [-0.1, -0.05) is 12.1 Å². The van der Waals surface area contributed by atoms with Crippen molar-refractivity contribution in [3.05, 3.63) is 59.9 Å². The number of rotatable bonds is 2. The molecule has 1 aromatic carbocycles. The number of piperidine rings is 1. The average molecular weight is 325 g/mol. The summed E-state index contributed by atoms with van der Waals surface area (Å²) in [5.74, 6) is -0.0212. The first-order valence-corrected chi connectivity index (χ1v) is 7.96. The summed E-state index contributed by atoms with van der Waals surface area (Å²) in [5.41, 5.74) is 0.810. The molecule has 1 amide bonds. The van der Waals surface area contributed by atoms with Crippen LogP contribution in [0.5, 0.6) is 0 Å². The van der Waals surface area contributed by atoms with Crippen LogP contribution in [0.2, 0.25) is 0 Å². The summed E-state index contributed by atoms with van der Waals surface area (Å²) in [6.07, 6.45) is 6.04. The molecule has 122 valence electrons. The number of nitrogens with zero attached hydrogens (tertiary/aromatic N) is 5. The molecule has 2 aromatic heterocycles. The van der Waals surface area contributed by atoms with Gasteiger partial charge in [-0.2, -0.15) is 4.98 Å². The Bertz CT molecular complexity index is 860. The van der Waals surface area contributed by atoms with E-state index in [1.165, 1.54) is 16.6 Å². The lowest BCUT2D eigenvalue weighted by Crippen LogP contribution is -2.39. The lowest BCUT2D eigenvalue weighted by atomic mass is 9.95. The standard InChI is InChI=1S/C17H16FN5O/c18-13-6-3-5-12(11-13)14-7-1-2-9-22(14)16(24)15-20-17-19-8-4-10-23(17)21-15/h3-6,8,10-11,14H,1-2,7,9H2/t14-/m1/s1. The first-order valence-electron chi connectivity index (χ1n) is 7.96. The summed E-state index contributed by atoms with van der Waals surface area (Å²) in [6, 6.07) is 8.02. The van der Waals surface area contributed by atoms with E-state index >= 15 is 0 Å². The van der Waals surface area contributed by atoms with Gasteiger partial charge in [-0.05, 0) is 43.0 Å². The van der Waals surface area contributed by atoms with Crippen LogP contribution in [-0.4, -0.2) is 36.9 Å². The average Bonchev–Trinajstić information content (AvgIpc) is 3.05. The van der Waals surface area contributed by atoms with Gasteiger partial charge in [-0.25, -0.2) is 13.9 Å². The largest absolute Gasteiger partial charge is 0.329 e. The van der Waals surface area contributed by atoms with Crippen molar-refractivity contribution >= 4 is 11.7 Å². The van der Waals surface area contributed by atoms with E-state index in [1.807, 2.05) is 6.07 Å². The van der Waals surface area contributed by atoms with Crippen molar-refractivity contribution in [2.24, 2.45) is 0 Å². The quantitative estimate of drug-likeness (QED) is 0.726. The molecule has 7 heteroatoms. The SMILES string of the molecule is O=C(c1nc2ncccn2n1)N1CCCC[C@@H]1c1cccc(F)c1. The van der Waals surface area contributed by atoms with Crippen molar-refractivity contribution < 1.29 is 9.18 Å². The lowest BCUT2D eigenvalue weighted by Gasteiger charge is -2.35. The zero-order chi connectivity index (χ0) is 16.5. The van der Waals surface area contributed by atoms with Crippen LogP contribution in [0.3, 0.4) is 0 Å². The van der Waals surface area contributed by atoms with Crippen molar-refractivity contribution in [1.82, 2.24) is 24.5 Å². The predicted molar refractivity (Wildman–Crippen MR) is 84.8 cm³/mol. The number of likely N-dealkylation sites (tertiary alicyclic amines) is 1. The Morgan fingerprint density at radius 2 is 2.17 bits per heavy atom. The first-order chi connectivity index (χ1) is 11.7. The molecule has 0 N–H and O–H groups in total. The van der Waals surface area contributed by atoms with Crippen LogP contribution in [0, 0.1) is 5.82 Å². The number of fused-ring (bicyclic) bond motifs is 1. The van der Waals surface area contributed by atoms with Gasteiger partial charge in [0, 0.05) is 18.9 Å². The normalized spacial score (nSPS) is 18.0. The molecule has 1 saturated heterocycles. The fourth-order valence-electron chi connectivity index (χ4n) is 3.19. The minimum atomic E-state index is -0.291. The zero-order valence-corrected chi connectivity index (χ0v) is 13.0. The number of carbonyl (C=O) groups excluding carboxylic acids is 1. The number of hydrogen-bond acceptors (Lipinski definition) is 4.